The van der Waals surface area contributed by atoms with E-state index < -0.39 is 0 Å². The van der Waals surface area contributed by atoms with Gasteiger partial charge in [-0.1, -0.05) is 19.9 Å². The molecule has 0 spiro atoms. The van der Waals surface area contributed by atoms with Crippen LogP contribution in [0.15, 0.2) is 18.2 Å². The molecule has 0 bridgehead atoms. The van der Waals surface area contributed by atoms with E-state index in [4.69, 9.17) is 10.5 Å². The van der Waals surface area contributed by atoms with Gasteiger partial charge in [0, 0.05) is 12.8 Å². The van der Waals surface area contributed by atoms with E-state index >= 15 is 0 Å². The van der Waals surface area contributed by atoms with E-state index in [0.29, 0.717) is 0 Å². The van der Waals surface area contributed by atoms with Crippen molar-refractivity contribution in [3.8, 4) is 0 Å². The van der Waals surface area contributed by atoms with Crippen LogP contribution in [0.2, 0.25) is 0 Å². The molecule has 0 aliphatic heterocycles. The predicted octanol–water partition coefficient (Wildman–Crippen LogP) is 3.11. The van der Waals surface area contributed by atoms with E-state index in [-0.39, 0.29) is 5.60 Å². The topological polar surface area (TPSA) is 35.2 Å². The van der Waals surface area contributed by atoms with E-state index in [2.05, 4.69) is 19.9 Å². The van der Waals surface area contributed by atoms with Gasteiger partial charge >= 0.3 is 0 Å². The van der Waals surface area contributed by atoms with Crippen molar-refractivity contribution in [1.82, 2.24) is 0 Å². The van der Waals surface area contributed by atoms with Gasteiger partial charge in [0.1, 0.15) is 0 Å². The molecule has 0 amide bonds. The zero-order chi connectivity index (χ0) is 11.6. The highest BCUT2D eigenvalue weighted by atomic mass is 16.5. The summed E-state index contributed by atoms with van der Waals surface area (Å²) in [6.45, 7) is 8.24. The molecule has 1 aromatic carbocycles. The van der Waals surface area contributed by atoms with Gasteiger partial charge in [-0.25, -0.2) is 0 Å². The van der Waals surface area contributed by atoms with Crippen LogP contribution in [-0.2, 0) is 10.3 Å². The maximum Gasteiger partial charge on any atom is 0.0872 e. The normalized spacial score (nSPS) is 12.1. The summed E-state index contributed by atoms with van der Waals surface area (Å²) >= 11 is 0. The Morgan fingerprint density at radius 3 is 2.27 bits per heavy atom. The Morgan fingerprint density at radius 1 is 1.20 bits per heavy atom. The number of anilines is 1. The molecule has 2 nitrogen and oxygen atoms in total. The summed E-state index contributed by atoms with van der Waals surface area (Å²) in [4.78, 5) is 0. The molecular formula is C13H20NO. The van der Waals surface area contributed by atoms with Crippen molar-refractivity contribution >= 4 is 5.69 Å². The molecule has 0 saturated heterocycles. The summed E-state index contributed by atoms with van der Waals surface area (Å²) in [5.41, 5.74) is 8.66. The lowest BCUT2D eigenvalue weighted by atomic mass is 9.92. The van der Waals surface area contributed by atoms with Gasteiger partial charge < -0.3 is 10.5 Å². The molecule has 0 saturated carbocycles. The number of methoxy groups -OCH3 is 1. The van der Waals surface area contributed by atoms with Crippen LogP contribution in [0.5, 0.6) is 0 Å². The Labute approximate surface area is 92.4 Å². The van der Waals surface area contributed by atoms with Crippen molar-refractivity contribution in [1.29, 1.82) is 0 Å². The fourth-order valence-corrected chi connectivity index (χ4v) is 1.41. The Hall–Kier alpha value is -1.02. The minimum Gasteiger partial charge on any atom is -0.399 e. The van der Waals surface area contributed by atoms with Crippen LogP contribution >= 0.6 is 0 Å². The number of ether oxygens (including phenoxy) is 1. The minimum atomic E-state index is -0.292. The molecule has 0 unspecified atom stereocenters. The van der Waals surface area contributed by atoms with Crippen LogP contribution in [0.3, 0.4) is 0 Å². The highest BCUT2D eigenvalue weighted by molar-refractivity contribution is 5.49. The molecule has 0 aromatic heterocycles. The van der Waals surface area contributed by atoms with E-state index in [1.165, 1.54) is 11.5 Å². The van der Waals surface area contributed by atoms with Gasteiger partial charge in [0.05, 0.1) is 5.60 Å². The van der Waals surface area contributed by atoms with Crippen molar-refractivity contribution in [2.24, 2.45) is 0 Å². The molecule has 1 rings (SSSR count). The summed E-state index contributed by atoms with van der Waals surface area (Å²) in [5, 5.41) is 0. The second-order valence-electron chi connectivity index (χ2n) is 4.56. The van der Waals surface area contributed by atoms with Gasteiger partial charge in [-0.15, -0.1) is 0 Å². The fourth-order valence-electron chi connectivity index (χ4n) is 1.41. The first kappa shape index (κ1) is 12.1. The molecule has 15 heavy (non-hydrogen) atoms. The maximum atomic E-state index is 5.88. The Balaban J connectivity index is 3.20. The third-order valence-corrected chi connectivity index (χ3v) is 2.74. The number of nitrogen functional groups attached to an aromatic ring is 1. The van der Waals surface area contributed by atoms with E-state index in [1.807, 2.05) is 26.0 Å². The molecule has 0 aliphatic rings. The largest absolute Gasteiger partial charge is 0.399 e. The maximum absolute atomic E-state index is 5.88. The first-order valence-corrected chi connectivity index (χ1v) is 5.13. The van der Waals surface area contributed by atoms with Crippen LogP contribution in [0.1, 0.15) is 38.8 Å². The smallest absolute Gasteiger partial charge is 0.0872 e. The lowest BCUT2D eigenvalue weighted by Crippen LogP contribution is -2.20. The van der Waals surface area contributed by atoms with Gasteiger partial charge in [0.15, 0.2) is 0 Å². The summed E-state index contributed by atoms with van der Waals surface area (Å²) < 4.78 is 5.45. The number of hydrogen-bond acceptors (Lipinski definition) is 2. The van der Waals surface area contributed by atoms with E-state index in [1.54, 1.807) is 7.11 Å². The van der Waals surface area contributed by atoms with E-state index in [9.17, 15) is 0 Å². The van der Waals surface area contributed by atoms with Crippen molar-refractivity contribution < 1.29 is 4.74 Å². The molecular weight excluding hydrogens is 186 g/mol. The third-order valence-electron chi connectivity index (χ3n) is 2.74. The predicted molar refractivity (Wildman–Crippen MR) is 64.6 cm³/mol. The van der Waals surface area contributed by atoms with E-state index in [0.717, 1.165) is 11.3 Å². The van der Waals surface area contributed by atoms with Crippen molar-refractivity contribution in [2.45, 2.75) is 33.3 Å². The molecule has 0 aliphatic carbocycles. The Bertz CT molecular complexity index is 342. The fraction of sp³-hybridized carbons (Fsp3) is 0.462. The molecule has 2 N–H and O–H groups in total. The minimum absolute atomic E-state index is 0.292. The molecule has 83 valence electrons. The Kier molecular flexibility index (Phi) is 3.40. The zero-order valence-electron chi connectivity index (χ0n) is 10.2. The second kappa shape index (κ2) is 4.23. The van der Waals surface area contributed by atoms with Crippen LogP contribution < -0.4 is 5.73 Å². The summed E-state index contributed by atoms with van der Waals surface area (Å²) in [7, 11) is 1.71. The first-order chi connectivity index (χ1) is 6.86. The standard InChI is InChI=1S/C13H20NO/c1-9(2)10-6-11(8-12(14)7-10)13(3,4)15-5/h6-8H,14H2,1-5H3. The first-order valence-electron chi connectivity index (χ1n) is 5.13. The molecule has 2 heteroatoms. The molecule has 0 fully saturated rings. The van der Waals surface area contributed by atoms with Crippen molar-refractivity contribution in [3.05, 3.63) is 35.2 Å². The number of nitrogens with two attached hydrogens (primary N) is 1. The van der Waals surface area contributed by atoms with Crippen LogP contribution in [0, 0.1) is 5.92 Å². The van der Waals surface area contributed by atoms with Gasteiger partial charge in [0.25, 0.3) is 0 Å². The molecule has 0 atom stereocenters. The van der Waals surface area contributed by atoms with Crippen LogP contribution in [-0.4, -0.2) is 7.11 Å². The van der Waals surface area contributed by atoms with Crippen LogP contribution in [0.4, 0.5) is 5.69 Å². The number of rotatable bonds is 3. The van der Waals surface area contributed by atoms with Gasteiger partial charge in [0.2, 0.25) is 0 Å². The van der Waals surface area contributed by atoms with Gasteiger partial charge in [-0.05, 0) is 43.0 Å². The highest BCUT2D eigenvalue weighted by Crippen LogP contribution is 2.28. The molecule has 0 heterocycles. The lowest BCUT2D eigenvalue weighted by Gasteiger charge is -2.25. The lowest BCUT2D eigenvalue weighted by molar-refractivity contribution is 0.0192. The van der Waals surface area contributed by atoms with Crippen molar-refractivity contribution in [2.75, 3.05) is 12.8 Å². The molecule has 1 aromatic rings. The summed E-state index contributed by atoms with van der Waals surface area (Å²) in [6, 6.07) is 6.09. The average molecular weight is 206 g/mol. The SMILES string of the molecule is COC(C)(C)c1cc(N)cc([C](C)C)c1. The molecule has 1 radical (unpaired) electrons. The average Bonchev–Trinajstić information content (AvgIpc) is 2.16. The van der Waals surface area contributed by atoms with Crippen LogP contribution in [0.25, 0.3) is 0 Å². The summed E-state index contributed by atoms with van der Waals surface area (Å²) in [6.07, 6.45) is 0. The summed E-state index contributed by atoms with van der Waals surface area (Å²) in [5.74, 6) is 1.26. The highest BCUT2D eigenvalue weighted by Gasteiger charge is 2.20. The van der Waals surface area contributed by atoms with Gasteiger partial charge in [-0.2, -0.15) is 0 Å². The van der Waals surface area contributed by atoms with Gasteiger partial charge in [-0.3, -0.25) is 0 Å². The quantitative estimate of drug-likeness (QED) is 0.771. The third kappa shape index (κ3) is 2.72. The number of benzene rings is 1. The van der Waals surface area contributed by atoms with Crippen molar-refractivity contribution in [3.63, 3.8) is 0 Å². The second-order valence-corrected chi connectivity index (χ2v) is 4.56. The number of hydrogen-bond donors (Lipinski definition) is 1. The monoisotopic (exact) mass is 206 g/mol. The Morgan fingerprint density at radius 2 is 1.80 bits per heavy atom. The zero-order valence-corrected chi connectivity index (χ0v) is 10.2.